The summed E-state index contributed by atoms with van der Waals surface area (Å²) < 4.78 is 5.03. The second-order valence-corrected chi connectivity index (χ2v) is 7.06. The first-order chi connectivity index (χ1) is 11.0. The number of H-pyrrole nitrogens is 1. The van der Waals surface area contributed by atoms with Gasteiger partial charge in [0.15, 0.2) is 0 Å². The van der Waals surface area contributed by atoms with Crippen LogP contribution < -0.4 is 5.73 Å². The molecule has 0 spiro atoms. The van der Waals surface area contributed by atoms with Crippen LogP contribution in [0.15, 0.2) is 16.3 Å². The molecule has 0 aliphatic carbocycles. The molecule has 124 valence electrons. The van der Waals surface area contributed by atoms with Crippen LogP contribution >= 0.6 is 23.5 Å². The molecule has 1 unspecified atom stereocenters. The van der Waals surface area contributed by atoms with E-state index in [9.17, 15) is 14.7 Å². The molecule has 3 heterocycles. The largest absolute Gasteiger partial charge is 0.477 e. The minimum absolute atomic E-state index is 0.0461. The van der Waals surface area contributed by atoms with Crippen LogP contribution in [0.3, 0.4) is 0 Å². The average Bonchev–Trinajstić information content (AvgIpc) is 2.98. The number of methoxy groups -OCH3 is 1. The number of hydrogen-bond donors (Lipinski definition) is 3. The minimum Gasteiger partial charge on any atom is -0.477 e. The van der Waals surface area contributed by atoms with Gasteiger partial charge >= 0.3 is 5.97 Å². The highest BCUT2D eigenvalue weighted by molar-refractivity contribution is 8.01. The number of carbonyl (C=O) groups excluding carboxylic acids is 1. The molecule has 0 radical (unpaired) electrons. The molecule has 1 fully saturated rings. The molecule has 2 aliphatic rings. The molecular weight excluding hydrogens is 342 g/mol. The van der Waals surface area contributed by atoms with Gasteiger partial charge in [-0.05, 0) is 5.57 Å². The number of fused-ring (bicyclic) bond motifs is 1. The standard InChI is InChI=1S/C12H15N5O4S2/c1-21-2-6-9(15-16-14-6)22-3-5-4-23-11-7(13)10(18)17(11)8(5)12(19)20/h7,11H,2-4,13H2,1H3,(H,19,20)(H,14,15,16)/t7?,11-/m1/s1. The van der Waals surface area contributed by atoms with Gasteiger partial charge in [0, 0.05) is 18.6 Å². The Labute approximate surface area is 140 Å². The summed E-state index contributed by atoms with van der Waals surface area (Å²) in [5, 5.41) is 20.4. The number of aliphatic carboxylic acids is 1. The van der Waals surface area contributed by atoms with E-state index >= 15 is 0 Å². The highest BCUT2D eigenvalue weighted by atomic mass is 32.2. The number of aromatic nitrogens is 3. The van der Waals surface area contributed by atoms with Gasteiger partial charge in [0.25, 0.3) is 0 Å². The van der Waals surface area contributed by atoms with Crippen molar-refractivity contribution < 1.29 is 19.4 Å². The fourth-order valence-corrected chi connectivity index (χ4v) is 4.78. The molecular formula is C12H15N5O4S2. The Morgan fingerprint density at radius 2 is 2.39 bits per heavy atom. The molecule has 2 atom stereocenters. The van der Waals surface area contributed by atoms with Crippen molar-refractivity contribution in [1.82, 2.24) is 20.3 Å². The smallest absolute Gasteiger partial charge is 0.352 e. The third-order valence-corrected chi connectivity index (χ3v) is 5.99. The predicted octanol–water partition coefficient (Wildman–Crippen LogP) is -0.376. The van der Waals surface area contributed by atoms with Crippen LogP contribution in [-0.2, 0) is 20.9 Å². The third kappa shape index (κ3) is 2.84. The van der Waals surface area contributed by atoms with Gasteiger partial charge in [-0.15, -0.1) is 16.9 Å². The molecule has 1 aromatic rings. The van der Waals surface area contributed by atoms with Crippen LogP contribution in [-0.4, -0.2) is 67.3 Å². The number of carboxylic acid groups (broad SMARTS) is 1. The first-order valence-corrected chi connectivity index (χ1v) is 8.75. The van der Waals surface area contributed by atoms with Crippen molar-refractivity contribution in [2.24, 2.45) is 5.73 Å². The minimum atomic E-state index is -1.11. The second-order valence-electron chi connectivity index (χ2n) is 4.99. The van der Waals surface area contributed by atoms with Gasteiger partial charge < -0.3 is 15.6 Å². The Hall–Kier alpha value is -1.56. The van der Waals surface area contributed by atoms with E-state index in [-0.39, 0.29) is 17.0 Å². The summed E-state index contributed by atoms with van der Waals surface area (Å²) in [5.41, 5.74) is 7.11. The van der Waals surface area contributed by atoms with Crippen LogP contribution in [0, 0.1) is 0 Å². The number of nitrogens with one attached hydrogen (secondary N) is 1. The lowest BCUT2D eigenvalue weighted by Gasteiger charge is -2.48. The summed E-state index contributed by atoms with van der Waals surface area (Å²) in [5.74, 6) is -0.523. The van der Waals surface area contributed by atoms with Crippen LogP contribution in [0.5, 0.6) is 0 Å². The van der Waals surface area contributed by atoms with Crippen LogP contribution in [0.2, 0.25) is 0 Å². The number of rotatable bonds is 6. The number of aromatic amines is 1. The molecule has 1 amide bonds. The van der Waals surface area contributed by atoms with Crippen molar-refractivity contribution in [3.05, 3.63) is 17.0 Å². The number of carbonyl (C=O) groups is 2. The van der Waals surface area contributed by atoms with E-state index in [1.54, 1.807) is 7.11 Å². The molecule has 3 rings (SSSR count). The zero-order valence-electron chi connectivity index (χ0n) is 12.2. The molecule has 0 bridgehead atoms. The molecule has 0 aromatic carbocycles. The maximum atomic E-state index is 11.9. The Morgan fingerprint density at radius 1 is 1.61 bits per heavy atom. The lowest BCUT2D eigenvalue weighted by atomic mass is 10.0. The summed E-state index contributed by atoms with van der Waals surface area (Å²) in [6, 6.07) is -0.618. The summed E-state index contributed by atoms with van der Waals surface area (Å²) in [6.45, 7) is 0.319. The number of carboxylic acids is 1. The van der Waals surface area contributed by atoms with Crippen molar-refractivity contribution in [2.75, 3.05) is 18.6 Å². The van der Waals surface area contributed by atoms with Gasteiger partial charge in [0.05, 0.1) is 6.61 Å². The van der Waals surface area contributed by atoms with Crippen LogP contribution in [0.1, 0.15) is 5.69 Å². The normalized spacial score (nSPS) is 23.7. The van der Waals surface area contributed by atoms with E-state index in [0.29, 0.717) is 34.4 Å². The van der Waals surface area contributed by atoms with Crippen molar-refractivity contribution in [2.45, 2.75) is 23.0 Å². The summed E-state index contributed by atoms with van der Waals surface area (Å²) in [6.07, 6.45) is 0. The molecule has 23 heavy (non-hydrogen) atoms. The second kappa shape index (κ2) is 6.51. The average molecular weight is 357 g/mol. The monoisotopic (exact) mass is 357 g/mol. The van der Waals surface area contributed by atoms with Crippen molar-refractivity contribution >= 4 is 35.4 Å². The molecule has 11 heteroatoms. The van der Waals surface area contributed by atoms with E-state index < -0.39 is 12.0 Å². The SMILES string of the molecule is COCc1n[nH]nc1SCC1=C(C(=O)O)N2C(=O)C(N)[C@H]2SC1. The van der Waals surface area contributed by atoms with Crippen molar-refractivity contribution in [3.63, 3.8) is 0 Å². The highest BCUT2D eigenvalue weighted by Crippen LogP contribution is 2.40. The maximum Gasteiger partial charge on any atom is 0.352 e. The van der Waals surface area contributed by atoms with Crippen molar-refractivity contribution in [1.29, 1.82) is 0 Å². The Balaban J connectivity index is 1.78. The topological polar surface area (TPSA) is 134 Å². The van der Waals surface area contributed by atoms with Gasteiger partial charge in [-0.3, -0.25) is 9.69 Å². The van der Waals surface area contributed by atoms with Gasteiger partial charge in [0.1, 0.15) is 27.8 Å². The quantitative estimate of drug-likeness (QED) is 0.460. The third-order valence-electron chi connectivity index (χ3n) is 3.54. The summed E-state index contributed by atoms with van der Waals surface area (Å²) in [4.78, 5) is 24.7. The molecule has 1 saturated heterocycles. The molecule has 1 aromatic heterocycles. The van der Waals surface area contributed by atoms with E-state index in [2.05, 4.69) is 15.4 Å². The number of amides is 1. The first-order valence-electron chi connectivity index (χ1n) is 6.71. The van der Waals surface area contributed by atoms with Gasteiger partial charge in [-0.2, -0.15) is 10.3 Å². The number of nitrogens with two attached hydrogens (primary N) is 1. The van der Waals surface area contributed by atoms with E-state index in [0.717, 1.165) is 0 Å². The molecule has 0 saturated carbocycles. The fraction of sp³-hybridized carbons (Fsp3) is 0.500. The molecule has 2 aliphatic heterocycles. The fourth-order valence-electron chi connectivity index (χ4n) is 2.44. The van der Waals surface area contributed by atoms with Crippen LogP contribution in [0.25, 0.3) is 0 Å². The first kappa shape index (κ1) is 16.3. The predicted molar refractivity (Wildman–Crippen MR) is 83.5 cm³/mol. The van der Waals surface area contributed by atoms with Crippen LogP contribution in [0.4, 0.5) is 0 Å². The van der Waals surface area contributed by atoms with Gasteiger partial charge in [0.2, 0.25) is 5.91 Å². The van der Waals surface area contributed by atoms with E-state index in [1.807, 2.05) is 0 Å². The summed E-state index contributed by atoms with van der Waals surface area (Å²) in [7, 11) is 1.56. The number of ether oxygens (including phenoxy) is 1. The lowest BCUT2D eigenvalue weighted by Crippen LogP contribution is -2.68. The highest BCUT2D eigenvalue weighted by Gasteiger charge is 2.51. The van der Waals surface area contributed by atoms with Gasteiger partial charge in [-0.25, -0.2) is 4.79 Å². The molecule has 4 N–H and O–H groups in total. The Bertz CT molecular complexity index is 676. The van der Waals surface area contributed by atoms with Crippen molar-refractivity contribution in [3.8, 4) is 0 Å². The Morgan fingerprint density at radius 3 is 3.09 bits per heavy atom. The maximum absolute atomic E-state index is 11.9. The lowest BCUT2D eigenvalue weighted by molar-refractivity contribution is -0.147. The molecule has 9 nitrogen and oxygen atoms in total. The van der Waals surface area contributed by atoms with Gasteiger partial charge in [-0.1, -0.05) is 11.8 Å². The van der Waals surface area contributed by atoms with E-state index in [1.165, 1.54) is 28.4 Å². The van der Waals surface area contributed by atoms with E-state index in [4.69, 9.17) is 10.5 Å². The zero-order chi connectivity index (χ0) is 16.6. The summed E-state index contributed by atoms with van der Waals surface area (Å²) >= 11 is 2.84. The number of nitrogens with zero attached hydrogens (tertiary/aromatic N) is 3. The number of β-lactam (4-membered cyclic amide) rings is 1. The zero-order valence-corrected chi connectivity index (χ0v) is 13.8. The number of thioether (sulfide) groups is 2. The number of hydrogen-bond acceptors (Lipinski definition) is 8. The Kier molecular flexibility index (Phi) is 4.62.